The van der Waals surface area contributed by atoms with E-state index in [0.29, 0.717) is 31.2 Å². The summed E-state index contributed by atoms with van der Waals surface area (Å²) in [5, 5.41) is 3.13. The summed E-state index contributed by atoms with van der Waals surface area (Å²) in [5.41, 5.74) is 3.40. The first kappa shape index (κ1) is 16.2. The summed E-state index contributed by atoms with van der Waals surface area (Å²) in [4.78, 5) is 20.1. The van der Waals surface area contributed by atoms with E-state index in [9.17, 15) is 4.79 Å². The van der Waals surface area contributed by atoms with Crippen LogP contribution in [0, 0.1) is 6.92 Å². The molecule has 0 aromatic carbocycles. The molecular formula is C13H23N5O2. The zero-order valence-electron chi connectivity index (χ0n) is 12.3. The minimum absolute atomic E-state index is 0.224. The molecule has 0 spiro atoms. The fraction of sp³-hybridized carbons (Fsp3) is 0.615. The quantitative estimate of drug-likeness (QED) is 0.376. The molecule has 1 rings (SSSR count). The molecule has 4 N–H and O–H groups in total. The van der Waals surface area contributed by atoms with Gasteiger partial charge in [-0.15, -0.1) is 0 Å². The van der Waals surface area contributed by atoms with Crippen molar-refractivity contribution in [3.8, 4) is 0 Å². The Morgan fingerprint density at radius 1 is 1.30 bits per heavy atom. The van der Waals surface area contributed by atoms with E-state index in [-0.39, 0.29) is 5.97 Å². The number of nitrogens with two attached hydrogens (primary N) is 1. The Kier molecular flexibility index (Phi) is 6.72. The predicted molar refractivity (Wildman–Crippen MR) is 78.3 cm³/mol. The molecule has 7 nitrogen and oxygen atoms in total. The van der Waals surface area contributed by atoms with E-state index in [1.807, 2.05) is 6.92 Å². The Morgan fingerprint density at radius 2 is 2.00 bits per heavy atom. The van der Waals surface area contributed by atoms with E-state index in [1.165, 1.54) is 0 Å². The molecule has 20 heavy (non-hydrogen) atoms. The number of nitrogens with zero attached hydrogens (tertiary/aromatic N) is 2. The number of aryl methyl sites for hydroxylation is 1. The summed E-state index contributed by atoms with van der Waals surface area (Å²) < 4.78 is 4.87. The number of rotatable bonds is 8. The molecule has 0 unspecified atom stereocenters. The molecule has 0 saturated carbocycles. The molecule has 0 atom stereocenters. The lowest BCUT2D eigenvalue weighted by molar-refractivity contribution is -0.142. The molecule has 0 amide bonds. The standard InChI is InChI=1S/C13H23N5O2/c1-4-6-10-16-12(9(3)13(17-10)18-14)15-8-7-11(19)20-5-2/h4-8,14H2,1-3H3,(H2,15,16,17,18). The van der Waals surface area contributed by atoms with E-state index < -0.39 is 0 Å². The van der Waals surface area contributed by atoms with Crippen LogP contribution in [0.2, 0.25) is 0 Å². The minimum atomic E-state index is -0.224. The molecular weight excluding hydrogens is 258 g/mol. The van der Waals surface area contributed by atoms with Crippen LogP contribution in [0.25, 0.3) is 0 Å². The fourth-order valence-electron chi connectivity index (χ4n) is 1.73. The number of hydrogen-bond donors (Lipinski definition) is 3. The van der Waals surface area contributed by atoms with Crippen LogP contribution in [0.4, 0.5) is 11.6 Å². The Hall–Kier alpha value is -1.89. The highest BCUT2D eigenvalue weighted by atomic mass is 16.5. The lowest BCUT2D eigenvalue weighted by Crippen LogP contribution is -2.17. The maximum absolute atomic E-state index is 11.3. The zero-order valence-corrected chi connectivity index (χ0v) is 12.3. The van der Waals surface area contributed by atoms with Gasteiger partial charge in [-0.2, -0.15) is 0 Å². The first-order valence-corrected chi connectivity index (χ1v) is 6.85. The van der Waals surface area contributed by atoms with Crippen LogP contribution in [0.15, 0.2) is 0 Å². The summed E-state index contributed by atoms with van der Waals surface area (Å²) in [6.07, 6.45) is 2.03. The maximum Gasteiger partial charge on any atom is 0.307 e. The molecule has 0 bridgehead atoms. The van der Waals surface area contributed by atoms with Gasteiger partial charge in [0.2, 0.25) is 0 Å². The van der Waals surface area contributed by atoms with Gasteiger partial charge in [-0.1, -0.05) is 6.92 Å². The number of hydrogen-bond acceptors (Lipinski definition) is 7. The number of carbonyl (C=O) groups is 1. The van der Waals surface area contributed by atoms with Crippen molar-refractivity contribution in [1.82, 2.24) is 9.97 Å². The van der Waals surface area contributed by atoms with Crippen LogP contribution in [0.3, 0.4) is 0 Å². The van der Waals surface area contributed by atoms with Crippen molar-refractivity contribution >= 4 is 17.6 Å². The van der Waals surface area contributed by atoms with Gasteiger partial charge in [0.15, 0.2) is 0 Å². The summed E-state index contributed by atoms with van der Waals surface area (Å²) in [6, 6.07) is 0. The normalized spacial score (nSPS) is 10.2. The predicted octanol–water partition coefficient (Wildman–Crippen LogP) is 1.39. The average molecular weight is 281 g/mol. The number of nitrogens with one attached hydrogen (secondary N) is 2. The van der Waals surface area contributed by atoms with Gasteiger partial charge in [0.25, 0.3) is 0 Å². The molecule has 1 heterocycles. The van der Waals surface area contributed by atoms with E-state index in [4.69, 9.17) is 10.6 Å². The molecule has 1 aromatic rings. The molecule has 0 fully saturated rings. The monoisotopic (exact) mass is 281 g/mol. The lowest BCUT2D eigenvalue weighted by Gasteiger charge is -2.13. The summed E-state index contributed by atoms with van der Waals surface area (Å²) >= 11 is 0. The lowest BCUT2D eigenvalue weighted by atomic mass is 10.2. The van der Waals surface area contributed by atoms with Crippen molar-refractivity contribution in [2.45, 2.75) is 40.0 Å². The largest absolute Gasteiger partial charge is 0.466 e. The van der Waals surface area contributed by atoms with E-state index in [1.54, 1.807) is 6.92 Å². The van der Waals surface area contributed by atoms with Gasteiger partial charge in [0, 0.05) is 18.5 Å². The molecule has 7 heteroatoms. The van der Waals surface area contributed by atoms with Gasteiger partial charge in [0.05, 0.1) is 13.0 Å². The van der Waals surface area contributed by atoms with Crippen LogP contribution in [0.1, 0.15) is 38.1 Å². The zero-order chi connectivity index (χ0) is 15.0. The van der Waals surface area contributed by atoms with Crippen LogP contribution in [-0.2, 0) is 16.0 Å². The van der Waals surface area contributed by atoms with Crippen LogP contribution < -0.4 is 16.6 Å². The van der Waals surface area contributed by atoms with Gasteiger partial charge in [-0.05, 0) is 20.3 Å². The molecule has 0 aliphatic carbocycles. The van der Waals surface area contributed by atoms with Gasteiger partial charge < -0.3 is 15.5 Å². The van der Waals surface area contributed by atoms with Crippen molar-refractivity contribution in [3.05, 3.63) is 11.4 Å². The second-order valence-electron chi connectivity index (χ2n) is 4.34. The second kappa shape index (κ2) is 8.31. The third-order valence-corrected chi connectivity index (χ3v) is 2.73. The van der Waals surface area contributed by atoms with E-state index in [2.05, 4.69) is 27.6 Å². The Balaban J connectivity index is 2.72. The molecule has 0 radical (unpaired) electrons. The second-order valence-corrected chi connectivity index (χ2v) is 4.34. The summed E-state index contributed by atoms with van der Waals surface area (Å²) in [7, 11) is 0. The fourth-order valence-corrected chi connectivity index (χ4v) is 1.73. The highest BCUT2D eigenvalue weighted by Gasteiger charge is 2.10. The molecule has 0 saturated heterocycles. The number of anilines is 2. The Labute approximate surface area is 119 Å². The topological polar surface area (TPSA) is 102 Å². The van der Waals surface area contributed by atoms with Gasteiger partial charge >= 0.3 is 5.97 Å². The molecule has 0 aliphatic heterocycles. The minimum Gasteiger partial charge on any atom is -0.466 e. The Morgan fingerprint density at radius 3 is 2.60 bits per heavy atom. The van der Waals surface area contributed by atoms with E-state index in [0.717, 1.165) is 24.2 Å². The van der Waals surface area contributed by atoms with Crippen molar-refractivity contribution in [2.24, 2.45) is 5.84 Å². The van der Waals surface area contributed by atoms with Crippen molar-refractivity contribution in [3.63, 3.8) is 0 Å². The van der Waals surface area contributed by atoms with E-state index >= 15 is 0 Å². The average Bonchev–Trinajstić information content (AvgIpc) is 2.42. The van der Waals surface area contributed by atoms with Crippen molar-refractivity contribution < 1.29 is 9.53 Å². The third kappa shape index (κ3) is 4.65. The smallest absolute Gasteiger partial charge is 0.307 e. The summed E-state index contributed by atoms with van der Waals surface area (Å²) in [6.45, 7) is 6.58. The van der Waals surface area contributed by atoms with Crippen LogP contribution in [0.5, 0.6) is 0 Å². The van der Waals surface area contributed by atoms with Gasteiger partial charge in [-0.25, -0.2) is 15.8 Å². The molecule has 1 aromatic heterocycles. The van der Waals surface area contributed by atoms with Crippen molar-refractivity contribution in [1.29, 1.82) is 0 Å². The maximum atomic E-state index is 11.3. The molecule has 0 aliphatic rings. The SMILES string of the molecule is CCCc1nc(NN)c(C)c(NCCC(=O)OCC)n1. The van der Waals surface area contributed by atoms with Gasteiger partial charge in [-0.3, -0.25) is 4.79 Å². The number of carbonyl (C=O) groups excluding carboxylic acids is 1. The molecule has 112 valence electrons. The third-order valence-electron chi connectivity index (χ3n) is 2.73. The highest BCUT2D eigenvalue weighted by Crippen LogP contribution is 2.19. The number of esters is 1. The first-order chi connectivity index (χ1) is 9.62. The number of ether oxygens (including phenoxy) is 1. The van der Waals surface area contributed by atoms with Crippen molar-refractivity contribution in [2.75, 3.05) is 23.9 Å². The first-order valence-electron chi connectivity index (χ1n) is 6.85. The number of aromatic nitrogens is 2. The van der Waals surface area contributed by atoms with Crippen LogP contribution >= 0.6 is 0 Å². The summed E-state index contributed by atoms with van der Waals surface area (Å²) in [5.74, 6) is 7.26. The Bertz CT molecular complexity index is 451. The number of nitrogen functional groups attached to an aromatic ring is 1. The highest BCUT2D eigenvalue weighted by molar-refractivity contribution is 5.70. The van der Waals surface area contributed by atoms with Crippen LogP contribution in [-0.4, -0.2) is 29.1 Å². The number of hydrazine groups is 1. The van der Waals surface area contributed by atoms with Gasteiger partial charge in [0.1, 0.15) is 17.5 Å².